The average Bonchev–Trinajstić information content (AvgIpc) is 2.61. The molecule has 1 N–H and O–H groups in total. The van der Waals surface area contributed by atoms with E-state index in [1.807, 2.05) is 12.3 Å². The molecule has 0 spiro atoms. The highest BCUT2D eigenvalue weighted by Crippen LogP contribution is 2.00. The zero-order valence-electron chi connectivity index (χ0n) is 7.27. The van der Waals surface area contributed by atoms with Gasteiger partial charge in [0.1, 0.15) is 0 Å². The van der Waals surface area contributed by atoms with Crippen LogP contribution in [0.2, 0.25) is 0 Å². The highest BCUT2D eigenvalue weighted by Gasteiger charge is 1.96. The molecule has 5 nitrogen and oxygen atoms in total. The Labute approximate surface area is 75.3 Å². The van der Waals surface area contributed by atoms with Crippen LogP contribution < -0.4 is 5.48 Å². The van der Waals surface area contributed by atoms with E-state index in [1.165, 1.54) is 0 Å². The van der Waals surface area contributed by atoms with Gasteiger partial charge in [0.05, 0.1) is 13.3 Å². The Hall–Kier alpha value is -1.46. The van der Waals surface area contributed by atoms with Crippen LogP contribution >= 0.6 is 0 Å². The molecule has 2 aromatic heterocycles. The third kappa shape index (κ3) is 1.66. The summed E-state index contributed by atoms with van der Waals surface area (Å²) in [5.74, 6) is 0. The van der Waals surface area contributed by atoms with Crippen LogP contribution in [0.5, 0.6) is 0 Å². The van der Waals surface area contributed by atoms with E-state index in [9.17, 15) is 0 Å². The molecule has 0 aromatic carbocycles. The smallest absolute Gasteiger partial charge is 0.154 e. The topological polar surface area (TPSA) is 51.5 Å². The molecule has 0 amide bonds. The highest BCUT2D eigenvalue weighted by molar-refractivity contribution is 5.35. The molecule has 2 heterocycles. The fourth-order valence-corrected chi connectivity index (χ4v) is 1.10. The summed E-state index contributed by atoms with van der Waals surface area (Å²) < 4.78 is 1.73. The van der Waals surface area contributed by atoms with E-state index in [-0.39, 0.29) is 0 Å². The Balaban J connectivity index is 2.26. The van der Waals surface area contributed by atoms with E-state index in [2.05, 4.69) is 15.6 Å². The first-order valence-electron chi connectivity index (χ1n) is 3.94. The van der Waals surface area contributed by atoms with Crippen molar-refractivity contribution in [3.63, 3.8) is 0 Å². The molecule has 0 atom stereocenters. The third-order valence-corrected chi connectivity index (χ3v) is 1.72. The minimum Gasteiger partial charge on any atom is -0.305 e. The second-order valence-electron chi connectivity index (χ2n) is 2.62. The maximum Gasteiger partial charge on any atom is 0.154 e. The van der Waals surface area contributed by atoms with Gasteiger partial charge in [0, 0.05) is 30.6 Å². The molecule has 0 aliphatic carbocycles. The minimum atomic E-state index is 0.624. The standard InChI is InChI=1S/C8H10N4O/c1-13-11-5-7-4-9-8-2-3-10-12(8)6-7/h2-4,6,11H,5H2,1H3. The molecule has 0 unspecified atom stereocenters. The number of nitrogens with zero attached hydrogens (tertiary/aromatic N) is 3. The number of fused-ring (bicyclic) bond motifs is 1. The Kier molecular flexibility index (Phi) is 2.20. The Bertz CT molecular complexity index is 398. The van der Waals surface area contributed by atoms with Crippen molar-refractivity contribution in [2.24, 2.45) is 0 Å². The third-order valence-electron chi connectivity index (χ3n) is 1.72. The molecule has 13 heavy (non-hydrogen) atoms. The fraction of sp³-hybridized carbons (Fsp3) is 0.250. The van der Waals surface area contributed by atoms with E-state index in [1.54, 1.807) is 24.0 Å². The van der Waals surface area contributed by atoms with Gasteiger partial charge in [-0.2, -0.15) is 10.6 Å². The Morgan fingerprint density at radius 3 is 3.38 bits per heavy atom. The summed E-state index contributed by atoms with van der Waals surface area (Å²) in [5.41, 5.74) is 4.61. The van der Waals surface area contributed by atoms with Crippen LogP contribution in [0.1, 0.15) is 5.56 Å². The highest BCUT2D eigenvalue weighted by atomic mass is 16.6. The lowest BCUT2D eigenvalue weighted by Crippen LogP contribution is -2.11. The maximum absolute atomic E-state index is 4.73. The first-order valence-corrected chi connectivity index (χ1v) is 3.94. The molecule has 0 bridgehead atoms. The molecule has 2 rings (SSSR count). The summed E-state index contributed by atoms with van der Waals surface area (Å²) in [6.45, 7) is 0.624. The SMILES string of the molecule is CONCc1cnc2ccnn2c1. The van der Waals surface area contributed by atoms with Crippen molar-refractivity contribution in [2.45, 2.75) is 6.54 Å². The van der Waals surface area contributed by atoms with Crippen LogP contribution in [0.3, 0.4) is 0 Å². The van der Waals surface area contributed by atoms with Gasteiger partial charge in [-0.05, 0) is 0 Å². The maximum atomic E-state index is 4.73. The second-order valence-corrected chi connectivity index (χ2v) is 2.62. The molecular weight excluding hydrogens is 168 g/mol. The van der Waals surface area contributed by atoms with Gasteiger partial charge >= 0.3 is 0 Å². The number of hydroxylamine groups is 1. The quantitative estimate of drug-likeness (QED) is 0.690. The van der Waals surface area contributed by atoms with Gasteiger partial charge in [-0.25, -0.2) is 9.50 Å². The van der Waals surface area contributed by atoms with Crippen molar-refractivity contribution in [3.8, 4) is 0 Å². The van der Waals surface area contributed by atoms with Crippen LogP contribution in [0.15, 0.2) is 24.7 Å². The summed E-state index contributed by atoms with van der Waals surface area (Å²) in [4.78, 5) is 8.93. The Morgan fingerprint density at radius 2 is 2.54 bits per heavy atom. The normalized spacial score (nSPS) is 10.8. The monoisotopic (exact) mass is 178 g/mol. The molecule has 0 aliphatic rings. The molecule has 0 aliphatic heterocycles. The van der Waals surface area contributed by atoms with Crippen molar-refractivity contribution in [3.05, 3.63) is 30.2 Å². The van der Waals surface area contributed by atoms with Gasteiger partial charge in [0.25, 0.3) is 0 Å². The average molecular weight is 178 g/mol. The van der Waals surface area contributed by atoms with Crippen LogP contribution in [-0.2, 0) is 11.4 Å². The van der Waals surface area contributed by atoms with Crippen molar-refractivity contribution in [2.75, 3.05) is 7.11 Å². The lowest BCUT2D eigenvalue weighted by Gasteiger charge is -2.01. The molecular formula is C8H10N4O. The lowest BCUT2D eigenvalue weighted by atomic mass is 10.3. The van der Waals surface area contributed by atoms with Gasteiger partial charge in [-0.1, -0.05) is 0 Å². The van der Waals surface area contributed by atoms with Crippen molar-refractivity contribution in [1.29, 1.82) is 0 Å². The minimum absolute atomic E-state index is 0.624. The summed E-state index contributed by atoms with van der Waals surface area (Å²) in [5, 5.41) is 4.07. The zero-order valence-corrected chi connectivity index (χ0v) is 7.27. The van der Waals surface area contributed by atoms with Crippen molar-refractivity contribution >= 4 is 5.65 Å². The molecule has 68 valence electrons. The van der Waals surface area contributed by atoms with E-state index in [4.69, 9.17) is 4.84 Å². The molecule has 0 fully saturated rings. The van der Waals surface area contributed by atoms with Gasteiger partial charge in [-0.3, -0.25) is 0 Å². The van der Waals surface area contributed by atoms with E-state index in [0.29, 0.717) is 6.54 Å². The van der Waals surface area contributed by atoms with E-state index >= 15 is 0 Å². The van der Waals surface area contributed by atoms with Crippen LogP contribution in [0.4, 0.5) is 0 Å². The molecule has 5 heteroatoms. The van der Waals surface area contributed by atoms with Gasteiger partial charge in [0.2, 0.25) is 0 Å². The van der Waals surface area contributed by atoms with Gasteiger partial charge in [-0.15, -0.1) is 0 Å². The molecule has 0 saturated carbocycles. The summed E-state index contributed by atoms with van der Waals surface area (Å²) in [6.07, 6.45) is 5.42. The van der Waals surface area contributed by atoms with Crippen LogP contribution in [-0.4, -0.2) is 21.7 Å². The molecule has 0 radical (unpaired) electrons. The number of rotatable bonds is 3. The van der Waals surface area contributed by atoms with Crippen molar-refractivity contribution < 1.29 is 4.84 Å². The predicted octanol–water partition coefficient (Wildman–Crippen LogP) is 0.380. The fourth-order valence-electron chi connectivity index (χ4n) is 1.10. The van der Waals surface area contributed by atoms with Crippen LogP contribution in [0, 0.1) is 0 Å². The lowest BCUT2D eigenvalue weighted by molar-refractivity contribution is 0.0865. The number of hydrogen-bond donors (Lipinski definition) is 1. The summed E-state index contributed by atoms with van der Waals surface area (Å²) >= 11 is 0. The van der Waals surface area contributed by atoms with E-state index < -0.39 is 0 Å². The first kappa shape index (κ1) is 8.15. The summed E-state index contributed by atoms with van der Waals surface area (Å²) in [6, 6.07) is 1.85. The first-order chi connectivity index (χ1) is 6.40. The van der Waals surface area contributed by atoms with Gasteiger partial charge in [0.15, 0.2) is 5.65 Å². The largest absolute Gasteiger partial charge is 0.305 e. The summed E-state index contributed by atoms with van der Waals surface area (Å²) in [7, 11) is 1.58. The predicted molar refractivity (Wildman–Crippen MR) is 46.8 cm³/mol. The Morgan fingerprint density at radius 1 is 1.62 bits per heavy atom. The molecule has 2 aromatic rings. The van der Waals surface area contributed by atoms with Gasteiger partial charge < -0.3 is 4.84 Å². The molecule has 0 saturated heterocycles. The zero-order chi connectivity index (χ0) is 9.10. The second kappa shape index (κ2) is 3.51. The number of nitrogens with one attached hydrogen (secondary N) is 1. The number of hydrogen-bond acceptors (Lipinski definition) is 4. The van der Waals surface area contributed by atoms with Crippen LogP contribution in [0.25, 0.3) is 5.65 Å². The van der Waals surface area contributed by atoms with E-state index in [0.717, 1.165) is 11.2 Å². The number of aromatic nitrogens is 3. The van der Waals surface area contributed by atoms with Crippen molar-refractivity contribution in [1.82, 2.24) is 20.1 Å².